The molecule has 0 saturated carbocycles. The van der Waals surface area contributed by atoms with Gasteiger partial charge in [-0.2, -0.15) is 0 Å². The van der Waals surface area contributed by atoms with Crippen molar-refractivity contribution in [3.63, 3.8) is 0 Å². The van der Waals surface area contributed by atoms with E-state index in [-0.39, 0.29) is 18.2 Å². The summed E-state index contributed by atoms with van der Waals surface area (Å²) in [6.45, 7) is 2.05. The number of furan rings is 1. The summed E-state index contributed by atoms with van der Waals surface area (Å²) in [6.07, 6.45) is 0. The summed E-state index contributed by atoms with van der Waals surface area (Å²) in [5, 5.41) is 5.63. The number of nitrogens with zero attached hydrogens (tertiary/aromatic N) is 2. The van der Waals surface area contributed by atoms with Crippen molar-refractivity contribution in [2.75, 3.05) is 13.7 Å². The second-order valence-electron chi connectivity index (χ2n) is 7.46. The van der Waals surface area contributed by atoms with Crippen LogP contribution >= 0.6 is 0 Å². The van der Waals surface area contributed by atoms with E-state index in [0.717, 1.165) is 11.3 Å². The van der Waals surface area contributed by atoms with Gasteiger partial charge in [0.25, 0.3) is 11.8 Å². The monoisotopic (exact) mass is 406 g/mol. The summed E-state index contributed by atoms with van der Waals surface area (Å²) in [6, 6.07) is 9.96. The lowest BCUT2D eigenvalue weighted by atomic mass is 9.95. The number of carbonyl (C=O) groups is 3. The van der Waals surface area contributed by atoms with Gasteiger partial charge in [0.15, 0.2) is 5.54 Å². The molecule has 1 saturated heterocycles. The molecule has 2 aliphatic rings. The van der Waals surface area contributed by atoms with Crippen molar-refractivity contribution in [1.82, 2.24) is 20.5 Å². The van der Waals surface area contributed by atoms with Crippen molar-refractivity contribution in [1.29, 1.82) is 0 Å². The minimum Gasteiger partial charge on any atom is -0.497 e. The van der Waals surface area contributed by atoms with Crippen LogP contribution in [0.1, 0.15) is 27.4 Å². The topological polar surface area (TPSA) is 114 Å². The number of amides is 4. The van der Waals surface area contributed by atoms with E-state index in [0.29, 0.717) is 29.0 Å². The SMILES string of the molecule is COc1ccc2c(c1)C(=O)N(C[C@@]1(c3cc4ccc(C)nc4o3)NC(=O)NC1=O)C2. The molecule has 9 nitrogen and oxygen atoms in total. The van der Waals surface area contributed by atoms with Crippen LogP contribution in [0.2, 0.25) is 0 Å². The molecule has 4 amide bonds. The average molecular weight is 406 g/mol. The van der Waals surface area contributed by atoms with Gasteiger partial charge in [0.05, 0.1) is 13.7 Å². The molecule has 30 heavy (non-hydrogen) atoms. The van der Waals surface area contributed by atoms with Crippen LogP contribution in [0.3, 0.4) is 0 Å². The first-order chi connectivity index (χ1) is 14.4. The zero-order valence-electron chi connectivity index (χ0n) is 16.3. The van der Waals surface area contributed by atoms with Crippen LogP contribution in [0.5, 0.6) is 5.75 Å². The van der Waals surface area contributed by atoms with Crippen molar-refractivity contribution in [3.05, 3.63) is 59.0 Å². The number of ether oxygens (including phenoxy) is 1. The van der Waals surface area contributed by atoms with Gasteiger partial charge in [-0.15, -0.1) is 0 Å². The number of imide groups is 1. The number of methoxy groups -OCH3 is 1. The fourth-order valence-electron chi connectivity index (χ4n) is 3.96. The number of aryl methyl sites for hydroxylation is 1. The van der Waals surface area contributed by atoms with Gasteiger partial charge in [-0.05, 0) is 42.8 Å². The number of benzene rings is 1. The Kier molecular flexibility index (Phi) is 3.82. The van der Waals surface area contributed by atoms with E-state index in [9.17, 15) is 14.4 Å². The lowest BCUT2D eigenvalue weighted by Gasteiger charge is -2.28. The quantitative estimate of drug-likeness (QED) is 0.639. The Morgan fingerprint density at radius 2 is 2.03 bits per heavy atom. The first-order valence-electron chi connectivity index (χ1n) is 9.37. The number of hydrogen-bond acceptors (Lipinski definition) is 6. The number of urea groups is 1. The minimum atomic E-state index is -1.55. The van der Waals surface area contributed by atoms with E-state index in [2.05, 4.69) is 15.6 Å². The van der Waals surface area contributed by atoms with Crippen molar-refractivity contribution in [2.45, 2.75) is 19.0 Å². The summed E-state index contributed by atoms with van der Waals surface area (Å²) in [5.41, 5.74) is 0.905. The molecule has 0 bridgehead atoms. The smallest absolute Gasteiger partial charge is 0.322 e. The zero-order valence-corrected chi connectivity index (χ0v) is 16.3. The molecule has 2 aliphatic heterocycles. The molecule has 0 aliphatic carbocycles. The number of aromatic nitrogens is 1. The third-order valence-electron chi connectivity index (χ3n) is 5.51. The Hall–Kier alpha value is -3.88. The molecular formula is C21H18N4O5. The Balaban J connectivity index is 1.55. The van der Waals surface area contributed by atoms with Crippen molar-refractivity contribution < 1.29 is 23.5 Å². The lowest BCUT2D eigenvalue weighted by molar-refractivity contribution is -0.125. The maximum Gasteiger partial charge on any atom is 0.322 e. The fourth-order valence-corrected chi connectivity index (χ4v) is 3.96. The van der Waals surface area contributed by atoms with Gasteiger partial charge in [0, 0.05) is 23.2 Å². The normalized spacial score (nSPS) is 20.5. The summed E-state index contributed by atoms with van der Waals surface area (Å²) >= 11 is 0. The molecule has 3 aromatic rings. The standard InChI is InChI=1S/C21H18N4O5/c1-11-3-4-12-7-16(30-17(12)22-11)21(19(27)23-20(28)24-21)10-25-9-13-5-6-14(29-2)8-15(13)18(25)26/h3-8H,9-10H2,1-2H3,(H2,23,24,27,28)/t21-/m0/s1. The van der Waals surface area contributed by atoms with Gasteiger partial charge in [-0.25, -0.2) is 9.78 Å². The van der Waals surface area contributed by atoms with E-state index >= 15 is 0 Å². The highest BCUT2D eigenvalue weighted by Crippen LogP contribution is 2.34. The number of rotatable bonds is 4. The van der Waals surface area contributed by atoms with Crippen LogP contribution in [-0.2, 0) is 16.9 Å². The van der Waals surface area contributed by atoms with Crippen molar-refractivity contribution >= 4 is 28.9 Å². The Labute approximate surface area is 171 Å². The molecule has 5 rings (SSSR count). The van der Waals surface area contributed by atoms with Gasteiger partial charge in [-0.1, -0.05) is 6.07 Å². The molecule has 4 heterocycles. The summed E-state index contributed by atoms with van der Waals surface area (Å²) in [5.74, 6) is -0.0310. The van der Waals surface area contributed by atoms with Gasteiger partial charge in [0.2, 0.25) is 5.71 Å². The minimum absolute atomic E-state index is 0.0841. The van der Waals surface area contributed by atoms with E-state index in [4.69, 9.17) is 9.15 Å². The Bertz CT molecular complexity index is 1230. The van der Waals surface area contributed by atoms with E-state index < -0.39 is 17.5 Å². The molecule has 9 heteroatoms. The maximum atomic E-state index is 13.0. The number of pyridine rings is 1. The molecule has 1 fully saturated rings. The highest BCUT2D eigenvalue weighted by Gasteiger charge is 2.53. The summed E-state index contributed by atoms with van der Waals surface area (Å²) in [4.78, 5) is 43.8. The van der Waals surface area contributed by atoms with E-state index in [1.54, 1.807) is 18.2 Å². The maximum absolute atomic E-state index is 13.0. The molecule has 0 radical (unpaired) electrons. The second-order valence-corrected chi connectivity index (χ2v) is 7.46. The largest absolute Gasteiger partial charge is 0.497 e. The molecule has 2 N–H and O–H groups in total. The van der Waals surface area contributed by atoms with Crippen LogP contribution in [0.4, 0.5) is 4.79 Å². The van der Waals surface area contributed by atoms with Gasteiger partial charge in [0.1, 0.15) is 11.5 Å². The molecule has 1 aromatic carbocycles. The molecule has 2 aromatic heterocycles. The molecule has 1 atom stereocenters. The highest BCUT2D eigenvalue weighted by molar-refractivity contribution is 6.08. The van der Waals surface area contributed by atoms with E-state index in [1.165, 1.54) is 12.0 Å². The predicted molar refractivity (Wildman–Crippen MR) is 105 cm³/mol. The predicted octanol–water partition coefficient (Wildman–Crippen LogP) is 1.84. The third-order valence-corrected chi connectivity index (χ3v) is 5.51. The fraction of sp³-hybridized carbons (Fsp3) is 0.238. The van der Waals surface area contributed by atoms with Crippen molar-refractivity contribution in [3.8, 4) is 5.75 Å². The number of carbonyl (C=O) groups excluding carboxylic acids is 3. The Morgan fingerprint density at radius 1 is 1.20 bits per heavy atom. The first kappa shape index (κ1) is 18.2. The Morgan fingerprint density at radius 3 is 2.77 bits per heavy atom. The van der Waals surface area contributed by atoms with Crippen molar-refractivity contribution in [2.24, 2.45) is 0 Å². The lowest BCUT2D eigenvalue weighted by Crippen LogP contribution is -2.52. The van der Waals surface area contributed by atoms with Crippen LogP contribution in [0.15, 0.2) is 40.8 Å². The van der Waals surface area contributed by atoms with Gasteiger partial charge >= 0.3 is 6.03 Å². The van der Waals surface area contributed by atoms with Crippen LogP contribution < -0.4 is 15.4 Å². The zero-order chi connectivity index (χ0) is 21.0. The number of nitrogens with one attached hydrogen (secondary N) is 2. The van der Waals surface area contributed by atoms with Gasteiger partial charge < -0.3 is 19.4 Å². The van der Waals surface area contributed by atoms with Crippen LogP contribution in [0, 0.1) is 6.92 Å². The second kappa shape index (κ2) is 6.31. The summed E-state index contributed by atoms with van der Waals surface area (Å²) in [7, 11) is 1.53. The number of hydrogen-bond donors (Lipinski definition) is 2. The van der Waals surface area contributed by atoms with Crippen LogP contribution in [-0.4, -0.2) is 41.4 Å². The highest BCUT2D eigenvalue weighted by atomic mass is 16.5. The molecule has 152 valence electrons. The van der Waals surface area contributed by atoms with Gasteiger partial charge in [-0.3, -0.25) is 14.9 Å². The first-order valence-corrected chi connectivity index (χ1v) is 9.37. The average Bonchev–Trinajstić information content (AvgIpc) is 3.36. The molecule has 0 spiro atoms. The number of fused-ring (bicyclic) bond motifs is 2. The summed E-state index contributed by atoms with van der Waals surface area (Å²) < 4.78 is 11.1. The third kappa shape index (κ3) is 2.62. The molecular weight excluding hydrogens is 388 g/mol. The molecule has 0 unspecified atom stereocenters. The van der Waals surface area contributed by atoms with E-state index in [1.807, 2.05) is 25.1 Å². The van der Waals surface area contributed by atoms with Crippen LogP contribution in [0.25, 0.3) is 11.1 Å².